The smallest absolute Gasteiger partial charge is 0.229 e. The number of amides is 1. The first kappa shape index (κ1) is 29.9. The lowest BCUT2D eigenvalue weighted by Gasteiger charge is -2.27. The fourth-order valence-electron chi connectivity index (χ4n) is 4.86. The van der Waals surface area contributed by atoms with Crippen LogP contribution in [0.1, 0.15) is 12.2 Å². The molecule has 0 atom stereocenters. The number of carbonyl (C=O) groups is 1. The van der Waals surface area contributed by atoms with E-state index in [4.69, 9.17) is 30.6 Å². The summed E-state index contributed by atoms with van der Waals surface area (Å²) in [5.74, 6) is 3.58. The van der Waals surface area contributed by atoms with Gasteiger partial charge in [-0.25, -0.2) is 14.4 Å². The quantitative estimate of drug-likeness (QED) is 0.134. The second kappa shape index (κ2) is 14.1. The molecule has 4 heterocycles. The molecular formula is C31H32FN9O4. The summed E-state index contributed by atoms with van der Waals surface area (Å²) in [6.07, 6.45) is 6.95. The van der Waals surface area contributed by atoms with Crippen LogP contribution in [0.5, 0.6) is 0 Å². The van der Waals surface area contributed by atoms with E-state index in [2.05, 4.69) is 36.4 Å². The molecule has 1 amide bonds. The van der Waals surface area contributed by atoms with Gasteiger partial charge in [-0.15, -0.1) is 6.42 Å². The third-order valence-electron chi connectivity index (χ3n) is 7.03. The van der Waals surface area contributed by atoms with Crippen molar-refractivity contribution in [3.05, 3.63) is 60.4 Å². The van der Waals surface area contributed by atoms with Crippen LogP contribution in [-0.4, -0.2) is 88.1 Å². The number of imidazole rings is 2. The van der Waals surface area contributed by atoms with E-state index in [9.17, 15) is 9.18 Å². The molecule has 6 rings (SSSR count). The maximum absolute atomic E-state index is 14.1. The Hall–Kier alpha value is -5.10. The van der Waals surface area contributed by atoms with Crippen molar-refractivity contribution in [1.29, 1.82) is 0 Å². The standard InChI is InChI=1S/C31H32FN9O4/c1-2-11-43-15-16-44-12-8-27(42)35-22-6-7-24-25(18-22)37-26(36-24)19-33-29-28-30(39-31(38-29)40-9-13-45-14-10-40)41(20-34-28)23-5-3-4-21(32)17-23/h1,3-7,17-18,20H,8-16,19H2,(H,35,42)(H,36,37)(H,33,38,39). The number of hydrogen-bond acceptors (Lipinski definition) is 10. The van der Waals surface area contributed by atoms with Gasteiger partial charge in [-0.3, -0.25) is 9.36 Å². The number of aromatic amines is 1. The highest BCUT2D eigenvalue weighted by atomic mass is 19.1. The molecule has 1 saturated heterocycles. The van der Waals surface area contributed by atoms with Crippen LogP contribution in [-0.2, 0) is 25.5 Å². The van der Waals surface area contributed by atoms with E-state index >= 15 is 0 Å². The zero-order valence-electron chi connectivity index (χ0n) is 24.5. The Morgan fingerprint density at radius 3 is 2.80 bits per heavy atom. The maximum Gasteiger partial charge on any atom is 0.229 e. The van der Waals surface area contributed by atoms with Gasteiger partial charge < -0.3 is 34.7 Å². The highest BCUT2D eigenvalue weighted by Crippen LogP contribution is 2.26. The van der Waals surface area contributed by atoms with Gasteiger partial charge in [-0.1, -0.05) is 12.0 Å². The second-order valence-corrected chi connectivity index (χ2v) is 10.2. The highest BCUT2D eigenvalue weighted by molar-refractivity contribution is 5.93. The van der Waals surface area contributed by atoms with Crippen molar-refractivity contribution in [2.24, 2.45) is 0 Å². The fourth-order valence-corrected chi connectivity index (χ4v) is 4.86. The van der Waals surface area contributed by atoms with E-state index in [0.717, 1.165) is 11.0 Å². The number of terminal acetylenes is 1. The molecule has 0 unspecified atom stereocenters. The lowest BCUT2D eigenvalue weighted by molar-refractivity contribution is -0.117. The van der Waals surface area contributed by atoms with Crippen LogP contribution < -0.4 is 15.5 Å². The monoisotopic (exact) mass is 613 g/mol. The minimum atomic E-state index is -0.352. The van der Waals surface area contributed by atoms with Gasteiger partial charge in [0.1, 0.15) is 24.6 Å². The molecule has 1 fully saturated rings. The second-order valence-electron chi connectivity index (χ2n) is 10.2. The van der Waals surface area contributed by atoms with Crippen LogP contribution in [0.25, 0.3) is 27.9 Å². The number of aromatic nitrogens is 6. The average Bonchev–Trinajstić information content (AvgIpc) is 3.67. The van der Waals surface area contributed by atoms with E-state index in [1.54, 1.807) is 29.1 Å². The fraction of sp³-hybridized carbons (Fsp3) is 0.323. The van der Waals surface area contributed by atoms with Crippen molar-refractivity contribution < 1.29 is 23.4 Å². The van der Waals surface area contributed by atoms with Gasteiger partial charge in [0.25, 0.3) is 0 Å². The van der Waals surface area contributed by atoms with Gasteiger partial charge in [0.15, 0.2) is 17.0 Å². The maximum atomic E-state index is 14.1. The predicted octanol–water partition coefficient (Wildman–Crippen LogP) is 3.27. The number of H-pyrrole nitrogens is 1. The molecule has 232 valence electrons. The first-order valence-electron chi connectivity index (χ1n) is 14.5. The molecule has 3 aromatic heterocycles. The summed E-state index contributed by atoms with van der Waals surface area (Å²) in [6.45, 7) is 4.04. The summed E-state index contributed by atoms with van der Waals surface area (Å²) in [6, 6.07) is 11.7. The van der Waals surface area contributed by atoms with E-state index < -0.39 is 0 Å². The molecule has 3 N–H and O–H groups in total. The number of ether oxygens (including phenoxy) is 3. The minimum absolute atomic E-state index is 0.165. The molecule has 0 bridgehead atoms. The largest absolute Gasteiger partial charge is 0.379 e. The zero-order valence-corrected chi connectivity index (χ0v) is 24.5. The van der Waals surface area contributed by atoms with E-state index in [1.807, 2.05) is 12.1 Å². The van der Waals surface area contributed by atoms with E-state index in [0.29, 0.717) is 86.2 Å². The normalized spacial score (nSPS) is 13.3. The van der Waals surface area contributed by atoms with Crippen molar-refractivity contribution >= 4 is 45.6 Å². The van der Waals surface area contributed by atoms with E-state index in [1.165, 1.54) is 12.1 Å². The van der Waals surface area contributed by atoms with E-state index in [-0.39, 0.29) is 31.4 Å². The van der Waals surface area contributed by atoms with Gasteiger partial charge >= 0.3 is 0 Å². The Morgan fingerprint density at radius 2 is 1.96 bits per heavy atom. The molecule has 0 radical (unpaired) electrons. The zero-order chi connectivity index (χ0) is 31.0. The van der Waals surface area contributed by atoms with Crippen molar-refractivity contribution in [3.63, 3.8) is 0 Å². The molecule has 13 nitrogen and oxygen atoms in total. The average molecular weight is 614 g/mol. The van der Waals surface area contributed by atoms with Gasteiger partial charge in [0.05, 0.1) is 62.7 Å². The summed E-state index contributed by atoms with van der Waals surface area (Å²) >= 11 is 0. The first-order valence-corrected chi connectivity index (χ1v) is 14.5. The third-order valence-corrected chi connectivity index (χ3v) is 7.03. The molecule has 14 heteroatoms. The van der Waals surface area contributed by atoms with Crippen molar-refractivity contribution in [3.8, 4) is 18.0 Å². The molecule has 0 saturated carbocycles. The molecule has 45 heavy (non-hydrogen) atoms. The topological polar surface area (TPSA) is 144 Å². The number of benzene rings is 2. The van der Waals surface area contributed by atoms with Crippen molar-refractivity contribution in [2.45, 2.75) is 13.0 Å². The number of carbonyl (C=O) groups excluding carboxylic acids is 1. The van der Waals surface area contributed by atoms with Crippen LogP contribution >= 0.6 is 0 Å². The van der Waals surface area contributed by atoms with Crippen LogP contribution in [0.2, 0.25) is 0 Å². The predicted molar refractivity (Wildman–Crippen MR) is 167 cm³/mol. The SMILES string of the molecule is C#CCOCCOCCC(=O)Nc1ccc2nc(CNc3nc(N4CCOCC4)nc4c3ncn4-c3cccc(F)c3)[nH]c2c1. The van der Waals surface area contributed by atoms with Crippen LogP contribution in [0.15, 0.2) is 48.8 Å². The Balaban J connectivity index is 1.15. The Bertz CT molecular complexity index is 1830. The molecule has 2 aromatic carbocycles. The van der Waals surface area contributed by atoms with Crippen LogP contribution in [0.4, 0.5) is 21.8 Å². The van der Waals surface area contributed by atoms with Gasteiger partial charge in [0.2, 0.25) is 11.9 Å². The number of morpholine rings is 1. The lowest BCUT2D eigenvalue weighted by Crippen LogP contribution is -2.37. The van der Waals surface area contributed by atoms with Crippen molar-refractivity contribution in [2.75, 3.05) is 68.3 Å². The number of rotatable bonds is 13. The number of fused-ring (bicyclic) bond motifs is 2. The first-order chi connectivity index (χ1) is 22.1. The number of anilines is 3. The van der Waals surface area contributed by atoms with Crippen LogP contribution in [0, 0.1) is 18.2 Å². The van der Waals surface area contributed by atoms with Gasteiger partial charge in [-0.2, -0.15) is 9.97 Å². The summed E-state index contributed by atoms with van der Waals surface area (Å²) in [7, 11) is 0. The number of nitrogens with one attached hydrogen (secondary N) is 3. The van der Waals surface area contributed by atoms with Gasteiger partial charge in [0, 0.05) is 18.8 Å². The molecular weight excluding hydrogens is 581 g/mol. The molecule has 0 spiro atoms. The molecule has 5 aromatic rings. The van der Waals surface area contributed by atoms with Crippen LogP contribution in [0.3, 0.4) is 0 Å². The van der Waals surface area contributed by atoms with Gasteiger partial charge in [-0.05, 0) is 36.4 Å². The molecule has 1 aliphatic heterocycles. The number of halogens is 1. The number of nitrogens with zero attached hydrogens (tertiary/aromatic N) is 6. The highest BCUT2D eigenvalue weighted by Gasteiger charge is 2.20. The summed E-state index contributed by atoms with van der Waals surface area (Å²) < 4.78 is 31.9. The summed E-state index contributed by atoms with van der Waals surface area (Å²) in [5, 5.41) is 6.24. The Morgan fingerprint density at radius 1 is 1.09 bits per heavy atom. The third kappa shape index (κ3) is 7.35. The Labute approximate surface area is 258 Å². The Kier molecular flexibility index (Phi) is 9.40. The van der Waals surface area contributed by atoms with Crippen molar-refractivity contribution in [1.82, 2.24) is 29.5 Å². The summed E-state index contributed by atoms with van der Waals surface area (Å²) in [5.41, 5.74) is 3.85. The lowest BCUT2D eigenvalue weighted by atomic mass is 10.2. The minimum Gasteiger partial charge on any atom is -0.379 e. The number of hydrogen-bond donors (Lipinski definition) is 3. The molecule has 0 aliphatic carbocycles. The summed E-state index contributed by atoms with van der Waals surface area (Å²) in [4.78, 5) is 36.6. The molecule has 1 aliphatic rings.